The molecule has 0 unspecified atom stereocenters. The molecule has 2 rings (SSSR count). The van der Waals surface area contributed by atoms with E-state index in [0.717, 1.165) is 37.5 Å². The van der Waals surface area contributed by atoms with Gasteiger partial charge in [0, 0.05) is 32.7 Å². The number of guanidine groups is 1. The molecule has 1 heterocycles. The highest BCUT2D eigenvalue weighted by Crippen LogP contribution is 2.18. The molecule has 0 radical (unpaired) electrons. The van der Waals surface area contributed by atoms with Crippen molar-refractivity contribution in [3.05, 3.63) is 29.6 Å². The maximum Gasteiger partial charge on any atom is 0.191 e. The van der Waals surface area contributed by atoms with Gasteiger partial charge in [-0.25, -0.2) is 4.39 Å². The number of halogens is 1. The summed E-state index contributed by atoms with van der Waals surface area (Å²) in [6.45, 7) is 8.50. The molecule has 0 spiro atoms. The fourth-order valence-corrected chi connectivity index (χ4v) is 3.12. The quantitative estimate of drug-likeness (QED) is 0.586. The fraction of sp³-hybridized carbons (Fsp3) is 0.632. The second kappa shape index (κ2) is 10.2. The second-order valence-electron chi connectivity index (χ2n) is 6.38. The van der Waals surface area contributed by atoms with E-state index in [0.29, 0.717) is 24.9 Å². The van der Waals surface area contributed by atoms with Crippen LogP contribution >= 0.6 is 0 Å². The van der Waals surface area contributed by atoms with Gasteiger partial charge in [-0.2, -0.15) is 0 Å². The summed E-state index contributed by atoms with van der Waals surface area (Å²) in [4.78, 5) is 6.80. The number of piperidine rings is 1. The van der Waals surface area contributed by atoms with Crippen molar-refractivity contribution >= 4 is 5.96 Å². The van der Waals surface area contributed by atoms with Gasteiger partial charge in [-0.1, -0.05) is 13.0 Å². The van der Waals surface area contributed by atoms with E-state index in [2.05, 4.69) is 27.4 Å². The van der Waals surface area contributed by atoms with Gasteiger partial charge in [-0.3, -0.25) is 4.99 Å². The third-order valence-electron chi connectivity index (χ3n) is 4.45. The van der Waals surface area contributed by atoms with Crippen LogP contribution < -0.4 is 15.4 Å². The molecule has 0 aliphatic carbocycles. The van der Waals surface area contributed by atoms with Gasteiger partial charge in [-0.15, -0.1) is 0 Å². The predicted molar refractivity (Wildman–Crippen MR) is 101 cm³/mol. The molecular weight excluding hydrogens is 319 g/mol. The summed E-state index contributed by atoms with van der Waals surface area (Å²) < 4.78 is 19.1. The largest absolute Gasteiger partial charge is 0.491 e. The van der Waals surface area contributed by atoms with Crippen LogP contribution in [0.5, 0.6) is 5.75 Å². The molecule has 0 aromatic heterocycles. The first-order valence-electron chi connectivity index (χ1n) is 9.27. The summed E-state index contributed by atoms with van der Waals surface area (Å²) in [5, 5.41) is 6.74. The Hall–Kier alpha value is -1.82. The molecule has 0 saturated carbocycles. The maximum absolute atomic E-state index is 13.9. The lowest BCUT2D eigenvalue weighted by Crippen LogP contribution is -2.48. The smallest absolute Gasteiger partial charge is 0.191 e. The van der Waals surface area contributed by atoms with Crippen LogP contribution in [0.4, 0.5) is 4.39 Å². The van der Waals surface area contributed by atoms with Crippen LogP contribution in [0, 0.1) is 5.82 Å². The van der Waals surface area contributed by atoms with Crippen molar-refractivity contribution in [3.8, 4) is 5.75 Å². The zero-order chi connectivity index (χ0) is 18.1. The normalized spacial score (nSPS) is 16.7. The Morgan fingerprint density at radius 3 is 2.68 bits per heavy atom. The monoisotopic (exact) mass is 350 g/mol. The van der Waals surface area contributed by atoms with Crippen LogP contribution in [0.3, 0.4) is 0 Å². The molecule has 1 saturated heterocycles. The molecule has 1 aromatic rings. The average molecular weight is 350 g/mol. The van der Waals surface area contributed by atoms with Crippen LogP contribution in [0.25, 0.3) is 0 Å². The Bertz CT molecular complexity index is 556. The number of hydrogen-bond donors (Lipinski definition) is 2. The number of aliphatic imine (C=N–C) groups is 1. The van der Waals surface area contributed by atoms with Crippen molar-refractivity contribution in [1.29, 1.82) is 0 Å². The number of rotatable bonds is 7. The van der Waals surface area contributed by atoms with E-state index in [1.165, 1.54) is 19.0 Å². The van der Waals surface area contributed by atoms with Gasteiger partial charge >= 0.3 is 0 Å². The molecule has 1 aromatic carbocycles. The van der Waals surface area contributed by atoms with E-state index in [1.54, 1.807) is 13.1 Å². The maximum atomic E-state index is 13.9. The summed E-state index contributed by atoms with van der Waals surface area (Å²) in [6, 6.07) is 5.50. The summed E-state index contributed by atoms with van der Waals surface area (Å²) in [7, 11) is 1.76. The SMILES string of the molecule is CCCN1CCC(NC(=NC)NCc2ccc(OCC)c(F)c2)CC1. The van der Waals surface area contributed by atoms with Gasteiger partial charge in [0.05, 0.1) is 6.61 Å². The standard InChI is InChI=1S/C19H31FN4O/c1-4-10-24-11-8-16(9-12-24)23-19(21-3)22-14-15-6-7-18(25-5-2)17(20)13-15/h6-7,13,16H,4-5,8-12,14H2,1-3H3,(H2,21,22,23). The Kier molecular flexibility index (Phi) is 7.98. The molecule has 1 fully saturated rings. The first-order chi connectivity index (χ1) is 12.2. The van der Waals surface area contributed by atoms with Gasteiger partial charge < -0.3 is 20.3 Å². The Balaban J connectivity index is 1.80. The molecule has 5 nitrogen and oxygen atoms in total. The fourth-order valence-electron chi connectivity index (χ4n) is 3.12. The van der Waals surface area contributed by atoms with Crippen molar-refractivity contribution in [2.45, 2.75) is 45.7 Å². The molecule has 2 N–H and O–H groups in total. The van der Waals surface area contributed by atoms with E-state index in [-0.39, 0.29) is 5.82 Å². The highest BCUT2D eigenvalue weighted by Gasteiger charge is 2.19. The van der Waals surface area contributed by atoms with E-state index in [4.69, 9.17) is 4.74 Å². The average Bonchev–Trinajstić information content (AvgIpc) is 2.62. The first kappa shape index (κ1) is 19.5. The number of benzene rings is 1. The molecule has 1 aliphatic heterocycles. The minimum Gasteiger partial charge on any atom is -0.491 e. The zero-order valence-electron chi connectivity index (χ0n) is 15.6. The van der Waals surface area contributed by atoms with Gasteiger partial charge in [0.25, 0.3) is 0 Å². The molecular formula is C19H31FN4O. The topological polar surface area (TPSA) is 48.9 Å². The molecule has 6 heteroatoms. The lowest BCUT2D eigenvalue weighted by Gasteiger charge is -2.32. The van der Waals surface area contributed by atoms with Crippen LogP contribution in [0.1, 0.15) is 38.7 Å². The van der Waals surface area contributed by atoms with Crippen molar-refractivity contribution in [2.75, 3.05) is 33.3 Å². The molecule has 1 aliphatic rings. The van der Waals surface area contributed by atoms with Crippen molar-refractivity contribution in [1.82, 2.24) is 15.5 Å². The predicted octanol–water partition coefficient (Wildman–Crippen LogP) is 2.76. The summed E-state index contributed by atoms with van der Waals surface area (Å²) in [6.07, 6.45) is 3.46. The van der Waals surface area contributed by atoms with Crippen molar-refractivity contribution in [3.63, 3.8) is 0 Å². The number of likely N-dealkylation sites (tertiary alicyclic amines) is 1. The Morgan fingerprint density at radius 2 is 2.08 bits per heavy atom. The molecule has 0 bridgehead atoms. The summed E-state index contributed by atoms with van der Waals surface area (Å²) >= 11 is 0. The Labute approximate surface area is 150 Å². The van der Waals surface area contributed by atoms with E-state index in [1.807, 2.05) is 13.0 Å². The van der Waals surface area contributed by atoms with Crippen LogP contribution in [0.15, 0.2) is 23.2 Å². The van der Waals surface area contributed by atoms with E-state index < -0.39 is 0 Å². The number of ether oxygens (including phenoxy) is 1. The number of hydrogen-bond acceptors (Lipinski definition) is 3. The third-order valence-corrected chi connectivity index (χ3v) is 4.45. The molecule has 0 amide bonds. The molecule has 0 atom stereocenters. The number of nitrogens with one attached hydrogen (secondary N) is 2. The third kappa shape index (κ3) is 6.20. The second-order valence-corrected chi connectivity index (χ2v) is 6.38. The zero-order valence-corrected chi connectivity index (χ0v) is 15.6. The Morgan fingerprint density at radius 1 is 1.32 bits per heavy atom. The first-order valence-corrected chi connectivity index (χ1v) is 9.27. The van der Waals surface area contributed by atoms with Crippen LogP contribution in [-0.4, -0.2) is 50.2 Å². The highest BCUT2D eigenvalue weighted by atomic mass is 19.1. The van der Waals surface area contributed by atoms with Gasteiger partial charge in [0.15, 0.2) is 17.5 Å². The van der Waals surface area contributed by atoms with Crippen molar-refractivity contribution < 1.29 is 9.13 Å². The van der Waals surface area contributed by atoms with Gasteiger partial charge in [-0.05, 0) is 50.4 Å². The lowest BCUT2D eigenvalue weighted by atomic mass is 10.1. The lowest BCUT2D eigenvalue weighted by molar-refractivity contribution is 0.206. The van der Waals surface area contributed by atoms with E-state index >= 15 is 0 Å². The molecule has 140 valence electrons. The summed E-state index contributed by atoms with van der Waals surface area (Å²) in [5.41, 5.74) is 0.863. The van der Waals surface area contributed by atoms with E-state index in [9.17, 15) is 4.39 Å². The van der Waals surface area contributed by atoms with Gasteiger partial charge in [0.1, 0.15) is 0 Å². The number of nitrogens with zero attached hydrogens (tertiary/aromatic N) is 2. The minimum absolute atomic E-state index is 0.299. The molecule has 25 heavy (non-hydrogen) atoms. The van der Waals surface area contributed by atoms with Crippen LogP contribution in [0.2, 0.25) is 0 Å². The minimum atomic E-state index is -0.326. The van der Waals surface area contributed by atoms with Crippen molar-refractivity contribution in [2.24, 2.45) is 4.99 Å². The highest BCUT2D eigenvalue weighted by molar-refractivity contribution is 5.79. The van der Waals surface area contributed by atoms with Crippen LogP contribution in [-0.2, 0) is 6.54 Å². The summed E-state index contributed by atoms with van der Waals surface area (Å²) in [5.74, 6) is 0.739. The van der Waals surface area contributed by atoms with Gasteiger partial charge in [0.2, 0.25) is 0 Å².